The van der Waals surface area contributed by atoms with Gasteiger partial charge in [-0.05, 0) is 42.8 Å². The molecule has 4 aromatic rings. The number of anilines is 1. The van der Waals surface area contributed by atoms with Crippen LogP contribution in [-0.4, -0.2) is 28.6 Å². The van der Waals surface area contributed by atoms with Crippen molar-refractivity contribution in [1.82, 2.24) is 9.55 Å². The predicted molar refractivity (Wildman–Crippen MR) is 122 cm³/mol. The molecule has 1 aromatic heterocycles. The summed E-state index contributed by atoms with van der Waals surface area (Å²) in [5.74, 6) is 2.11. The smallest absolute Gasteiger partial charge is 0.227 e. The van der Waals surface area contributed by atoms with Crippen molar-refractivity contribution in [2.75, 3.05) is 18.1 Å². The summed E-state index contributed by atoms with van der Waals surface area (Å²) in [6, 6.07) is 28.0. The zero-order valence-electron chi connectivity index (χ0n) is 17.4. The SMILES string of the molecule is O=C1C[C@H](c2nc3ccccc3n2CCCOc2ccccc2)CN1c1ccccc1. The molecule has 0 aliphatic carbocycles. The maximum atomic E-state index is 12.8. The number of carbonyl (C=O) groups excluding carboxylic acids is 1. The van der Waals surface area contributed by atoms with E-state index in [9.17, 15) is 4.79 Å². The summed E-state index contributed by atoms with van der Waals surface area (Å²) in [5, 5.41) is 0. The molecule has 1 fully saturated rings. The number of benzene rings is 3. The van der Waals surface area contributed by atoms with Gasteiger partial charge in [0, 0.05) is 31.1 Å². The fraction of sp³-hybridized carbons (Fsp3) is 0.231. The molecule has 0 saturated carbocycles. The van der Waals surface area contributed by atoms with E-state index in [-0.39, 0.29) is 11.8 Å². The van der Waals surface area contributed by atoms with E-state index in [0.717, 1.165) is 41.3 Å². The lowest BCUT2D eigenvalue weighted by atomic mass is 10.1. The van der Waals surface area contributed by atoms with Gasteiger partial charge in [-0.2, -0.15) is 0 Å². The Morgan fingerprint density at radius 1 is 0.903 bits per heavy atom. The topological polar surface area (TPSA) is 47.4 Å². The van der Waals surface area contributed by atoms with Crippen LogP contribution in [0.15, 0.2) is 84.9 Å². The van der Waals surface area contributed by atoms with Crippen LogP contribution in [0.3, 0.4) is 0 Å². The molecule has 5 rings (SSSR count). The fourth-order valence-electron chi connectivity index (χ4n) is 4.31. The molecule has 1 saturated heterocycles. The van der Waals surface area contributed by atoms with E-state index < -0.39 is 0 Å². The van der Waals surface area contributed by atoms with Crippen LogP contribution in [0.5, 0.6) is 5.75 Å². The molecule has 0 bridgehead atoms. The van der Waals surface area contributed by atoms with Crippen LogP contribution in [0, 0.1) is 0 Å². The van der Waals surface area contributed by atoms with Crippen molar-refractivity contribution in [1.29, 1.82) is 0 Å². The minimum absolute atomic E-state index is 0.0788. The van der Waals surface area contributed by atoms with Crippen molar-refractivity contribution < 1.29 is 9.53 Å². The van der Waals surface area contributed by atoms with Crippen LogP contribution in [0.25, 0.3) is 11.0 Å². The molecular weight excluding hydrogens is 386 g/mol. The number of fused-ring (bicyclic) bond motifs is 1. The van der Waals surface area contributed by atoms with Crippen LogP contribution in [0.4, 0.5) is 5.69 Å². The number of ether oxygens (including phenoxy) is 1. The summed E-state index contributed by atoms with van der Waals surface area (Å²) in [5.41, 5.74) is 3.05. The molecule has 0 N–H and O–H groups in total. The Morgan fingerprint density at radius 3 is 2.42 bits per heavy atom. The van der Waals surface area contributed by atoms with Crippen molar-refractivity contribution in [3.63, 3.8) is 0 Å². The summed E-state index contributed by atoms with van der Waals surface area (Å²) < 4.78 is 8.15. The molecule has 1 aliphatic rings. The van der Waals surface area contributed by atoms with E-state index in [2.05, 4.69) is 10.6 Å². The Morgan fingerprint density at radius 2 is 1.61 bits per heavy atom. The van der Waals surface area contributed by atoms with Gasteiger partial charge in [-0.25, -0.2) is 4.98 Å². The lowest BCUT2D eigenvalue weighted by molar-refractivity contribution is -0.117. The van der Waals surface area contributed by atoms with Gasteiger partial charge < -0.3 is 14.2 Å². The number of rotatable bonds is 7. The average Bonchev–Trinajstić information content (AvgIpc) is 3.38. The number of amides is 1. The number of carbonyl (C=O) groups is 1. The Hall–Kier alpha value is -3.60. The molecule has 1 amide bonds. The second-order valence-corrected chi connectivity index (χ2v) is 7.87. The standard InChI is InChI=1S/C26H25N3O2/c30-25-18-20(19-29(25)21-10-3-1-4-11-21)26-27-23-14-7-8-15-24(23)28(26)16-9-17-31-22-12-5-2-6-13-22/h1-8,10-15,20H,9,16-19H2/t20-/m0/s1. The monoisotopic (exact) mass is 411 g/mol. The molecule has 156 valence electrons. The normalized spacial score (nSPS) is 16.2. The Bertz CT molecular complexity index is 1170. The molecule has 0 radical (unpaired) electrons. The summed E-state index contributed by atoms with van der Waals surface area (Å²) in [4.78, 5) is 19.6. The van der Waals surface area contributed by atoms with Gasteiger partial charge in [-0.1, -0.05) is 48.5 Å². The maximum absolute atomic E-state index is 12.8. The summed E-state index contributed by atoms with van der Waals surface area (Å²) >= 11 is 0. The van der Waals surface area contributed by atoms with E-state index in [1.807, 2.05) is 83.8 Å². The van der Waals surface area contributed by atoms with Gasteiger partial charge in [0.1, 0.15) is 11.6 Å². The molecule has 5 heteroatoms. The lowest BCUT2D eigenvalue weighted by Gasteiger charge is -2.17. The van der Waals surface area contributed by atoms with Crippen molar-refractivity contribution >= 4 is 22.6 Å². The van der Waals surface area contributed by atoms with Crippen LogP contribution in [-0.2, 0) is 11.3 Å². The van der Waals surface area contributed by atoms with Gasteiger partial charge in [0.25, 0.3) is 0 Å². The molecule has 3 aromatic carbocycles. The predicted octanol–water partition coefficient (Wildman–Crippen LogP) is 5.03. The molecule has 0 spiro atoms. The first-order valence-electron chi connectivity index (χ1n) is 10.8. The summed E-state index contributed by atoms with van der Waals surface area (Å²) in [6.07, 6.45) is 1.35. The first-order valence-corrected chi connectivity index (χ1v) is 10.8. The zero-order valence-corrected chi connectivity index (χ0v) is 17.4. The summed E-state index contributed by atoms with van der Waals surface area (Å²) in [6.45, 7) is 2.10. The van der Waals surface area contributed by atoms with E-state index >= 15 is 0 Å². The van der Waals surface area contributed by atoms with Crippen LogP contribution < -0.4 is 9.64 Å². The third-order valence-corrected chi connectivity index (χ3v) is 5.78. The highest BCUT2D eigenvalue weighted by Crippen LogP contribution is 2.33. The largest absolute Gasteiger partial charge is 0.494 e. The second kappa shape index (κ2) is 8.64. The first kappa shape index (κ1) is 19.4. The van der Waals surface area contributed by atoms with Crippen molar-refractivity contribution in [2.24, 2.45) is 0 Å². The number of hydrogen-bond donors (Lipinski definition) is 0. The lowest BCUT2D eigenvalue weighted by Crippen LogP contribution is -2.24. The van der Waals surface area contributed by atoms with Crippen LogP contribution in [0.2, 0.25) is 0 Å². The minimum Gasteiger partial charge on any atom is -0.494 e. The van der Waals surface area contributed by atoms with Crippen molar-refractivity contribution in [3.8, 4) is 5.75 Å². The number of para-hydroxylation sites is 4. The Kier molecular flexibility index (Phi) is 5.40. The van der Waals surface area contributed by atoms with Gasteiger partial charge in [-0.15, -0.1) is 0 Å². The number of nitrogens with zero attached hydrogens (tertiary/aromatic N) is 3. The van der Waals surface area contributed by atoms with Gasteiger partial charge in [-0.3, -0.25) is 4.79 Å². The highest BCUT2D eigenvalue weighted by atomic mass is 16.5. The number of aromatic nitrogens is 2. The highest BCUT2D eigenvalue weighted by Gasteiger charge is 2.34. The number of hydrogen-bond acceptors (Lipinski definition) is 3. The molecular formula is C26H25N3O2. The average molecular weight is 412 g/mol. The van der Waals surface area contributed by atoms with E-state index in [4.69, 9.17) is 9.72 Å². The van der Waals surface area contributed by atoms with E-state index in [0.29, 0.717) is 19.6 Å². The zero-order chi connectivity index (χ0) is 21.0. The van der Waals surface area contributed by atoms with Gasteiger partial charge in [0.05, 0.1) is 17.6 Å². The maximum Gasteiger partial charge on any atom is 0.227 e. The first-order chi connectivity index (χ1) is 15.3. The molecule has 1 atom stereocenters. The molecule has 2 heterocycles. The fourth-order valence-corrected chi connectivity index (χ4v) is 4.31. The quantitative estimate of drug-likeness (QED) is 0.401. The Balaban J connectivity index is 1.35. The number of aryl methyl sites for hydroxylation is 1. The van der Waals surface area contributed by atoms with E-state index in [1.54, 1.807) is 0 Å². The van der Waals surface area contributed by atoms with Gasteiger partial charge in [0.2, 0.25) is 5.91 Å². The molecule has 5 nitrogen and oxygen atoms in total. The van der Waals surface area contributed by atoms with Gasteiger partial charge >= 0.3 is 0 Å². The Labute approximate surface area is 181 Å². The third-order valence-electron chi connectivity index (χ3n) is 5.78. The van der Waals surface area contributed by atoms with Crippen LogP contribution in [0.1, 0.15) is 24.6 Å². The van der Waals surface area contributed by atoms with Crippen molar-refractivity contribution in [2.45, 2.75) is 25.3 Å². The van der Waals surface area contributed by atoms with Crippen LogP contribution >= 0.6 is 0 Å². The van der Waals surface area contributed by atoms with Gasteiger partial charge in [0.15, 0.2) is 0 Å². The van der Waals surface area contributed by atoms with E-state index in [1.165, 1.54) is 0 Å². The third kappa shape index (κ3) is 4.04. The van der Waals surface area contributed by atoms with Crippen molar-refractivity contribution in [3.05, 3.63) is 90.8 Å². The summed E-state index contributed by atoms with van der Waals surface area (Å²) in [7, 11) is 0. The highest BCUT2D eigenvalue weighted by molar-refractivity contribution is 5.96. The molecule has 0 unspecified atom stereocenters. The molecule has 31 heavy (non-hydrogen) atoms. The molecule has 1 aliphatic heterocycles. The number of imidazole rings is 1. The second-order valence-electron chi connectivity index (χ2n) is 7.87. The minimum atomic E-state index is 0.0788.